The molecule has 1 aliphatic carbocycles. The van der Waals surface area contributed by atoms with E-state index < -0.39 is 0 Å². The molecule has 0 bridgehead atoms. The van der Waals surface area contributed by atoms with Gasteiger partial charge >= 0.3 is 6.03 Å². The molecule has 0 radical (unpaired) electrons. The molecule has 2 atom stereocenters. The fraction of sp³-hybridized carbons (Fsp3) is 0.316. The molecule has 5 heteroatoms. The third-order valence-corrected chi connectivity index (χ3v) is 4.58. The van der Waals surface area contributed by atoms with Crippen LogP contribution in [0.25, 0.3) is 11.0 Å². The molecule has 0 saturated heterocycles. The molecule has 1 aromatic carbocycles. The van der Waals surface area contributed by atoms with Gasteiger partial charge in [0, 0.05) is 17.4 Å². The number of fused-ring (bicyclic) bond motifs is 2. The fourth-order valence-corrected chi connectivity index (χ4v) is 3.32. The first-order valence-corrected chi connectivity index (χ1v) is 8.32. The van der Waals surface area contributed by atoms with Gasteiger partial charge < -0.3 is 19.5 Å². The summed E-state index contributed by atoms with van der Waals surface area (Å²) in [5.41, 5.74) is 1.92. The van der Waals surface area contributed by atoms with Gasteiger partial charge in [0.25, 0.3) is 0 Å². The summed E-state index contributed by atoms with van der Waals surface area (Å²) in [6.45, 7) is 1.92. The van der Waals surface area contributed by atoms with Crippen LogP contribution < -0.4 is 10.6 Å². The van der Waals surface area contributed by atoms with E-state index in [1.165, 1.54) is 0 Å². The minimum absolute atomic E-state index is 0.00960. The molecular formula is C19H20N2O3. The molecule has 2 unspecified atom stereocenters. The molecule has 5 nitrogen and oxygen atoms in total. The van der Waals surface area contributed by atoms with Gasteiger partial charge in [0.2, 0.25) is 0 Å². The molecule has 2 heterocycles. The van der Waals surface area contributed by atoms with Crippen LogP contribution in [0.15, 0.2) is 51.5 Å². The first-order valence-electron chi connectivity index (χ1n) is 8.32. The Balaban J connectivity index is 1.43. The monoisotopic (exact) mass is 324 g/mol. The second-order valence-corrected chi connectivity index (χ2v) is 6.27. The number of carbonyl (C=O) groups is 1. The quantitative estimate of drug-likeness (QED) is 0.747. The lowest BCUT2D eigenvalue weighted by Crippen LogP contribution is -2.39. The van der Waals surface area contributed by atoms with Crippen LogP contribution in [0.2, 0.25) is 0 Å². The zero-order chi connectivity index (χ0) is 16.5. The average Bonchev–Trinajstić information content (AvgIpc) is 3.21. The van der Waals surface area contributed by atoms with Crippen LogP contribution in [0.5, 0.6) is 0 Å². The molecule has 2 aromatic heterocycles. The lowest BCUT2D eigenvalue weighted by Gasteiger charge is -2.23. The number of furan rings is 2. The Labute approximate surface area is 140 Å². The van der Waals surface area contributed by atoms with Gasteiger partial charge in [0.05, 0.1) is 18.3 Å². The van der Waals surface area contributed by atoms with Gasteiger partial charge in [-0.15, -0.1) is 0 Å². The van der Waals surface area contributed by atoms with Crippen LogP contribution in [-0.2, 0) is 6.42 Å². The molecule has 3 aromatic rings. The zero-order valence-electron chi connectivity index (χ0n) is 13.5. The van der Waals surface area contributed by atoms with E-state index in [2.05, 4.69) is 10.6 Å². The fourth-order valence-electron chi connectivity index (χ4n) is 3.32. The SMILES string of the molecule is CC(NC(=O)NC1CCCc2occc21)c1cc2ccccc2o1. The van der Waals surface area contributed by atoms with Crippen molar-refractivity contribution in [3.05, 3.63) is 59.7 Å². The van der Waals surface area contributed by atoms with Crippen molar-refractivity contribution in [1.82, 2.24) is 10.6 Å². The number of amides is 2. The summed E-state index contributed by atoms with van der Waals surface area (Å²) in [7, 11) is 0. The number of benzene rings is 1. The lowest BCUT2D eigenvalue weighted by molar-refractivity contribution is 0.230. The topological polar surface area (TPSA) is 67.4 Å². The van der Waals surface area contributed by atoms with Crippen LogP contribution in [0.1, 0.15) is 48.9 Å². The summed E-state index contributed by atoms with van der Waals surface area (Å²) in [6.07, 6.45) is 4.58. The Morgan fingerprint density at radius 1 is 1.29 bits per heavy atom. The highest BCUT2D eigenvalue weighted by Gasteiger charge is 2.24. The number of nitrogens with one attached hydrogen (secondary N) is 2. The normalized spacial score (nSPS) is 18.1. The van der Waals surface area contributed by atoms with Gasteiger partial charge in [-0.3, -0.25) is 0 Å². The smallest absolute Gasteiger partial charge is 0.315 e. The average molecular weight is 324 g/mol. The summed E-state index contributed by atoms with van der Waals surface area (Å²) in [5, 5.41) is 7.04. The van der Waals surface area contributed by atoms with Crippen LogP contribution in [-0.4, -0.2) is 6.03 Å². The molecule has 2 N–H and O–H groups in total. The highest BCUT2D eigenvalue weighted by molar-refractivity contribution is 5.78. The zero-order valence-corrected chi connectivity index (χ0v) is 13.5. The van der Waals surface area contributed by atoms with E-state index in [0.29, 0.717) is 0 Å². The highest BCUT2D eigenvalue weighted by Crippen LogP contribution is 2.30. The molecule has 1 aliphatic rings. The number of rotatable bonds is 3. The first kappa shape index (κ1) is 14.9. The summed E-state index contributed by atoms with van der Waals surface area (Å²) in [6, 6.07) is 11.4. The second-order valence-electron chi connectivity index (χ2n) is 6.27. The number of aryl methyl sites for hydroxylation is 1. The minimum atomic E-state index is -0.204. The summed E-state index contributed by atoms with van der Waals surface area (Å²) < 4.78 is 11.3. The molecule has 2 amide bonds. The van der Waals surface area contributed by atoms with Crippen molar-refractivity contribution in [1.29, 1.82) is 0 Å². The predicted molar refractivity (Wildman–Crippen MR) is 90.7 cm³/mol. The lowest BCUT2D eigenvalue weighted by atomic mass is 9.93. The van der Waals surface area contributed by atoms with E-state index in [1.807, 2.05) is 43.3 Å². The van der Waals surface area contributed by atoms with Crippen LogP contribution in [0.4, 0.5) is 4.79 Å². The van der Waals surface area contributed by atoms with Gasteiger partial charge in [0.15, 0.2) is 0 Å². The van der Waals surface area contributed by atoms with E-state index in [0.717, 1.165) is 47.3 Å². The molecule has 124 valence electrons. The second kappa shape index (κ2) is 6.07. The van der Waals surface area contributed by atoms with E-state index >= 15 is 0 Å². The number of urea groups is 1. The number of hydrogen-bond donors (Lipinski definition) is 2. The van der Waals surface area contributed by atoms with Gasteiger partial charge in [-0.2, -0.15) is 0 Å². The summed E-state index contributed by atoms with van der Waals surface area (Å²) in [5.74, 6) is 1.73. The van der Waals surface area contributed by atoms with Crippen LogP contribution >= 0.6 is 0 Å². The van der Waals surface area contributed by atoms with Crippen molar-refractivity contribution < 1.29 is 13.6 Å². The first-order chi connectivity index (χ1) is 11.7. The minimum Gasteiger partial charge on any atom is -0.469 e. The Bertz CT molecular complexity index is 831. The Morgan fingerprint density at radius 3 is 3.04 bits per heavy atom. The van der Waals surface area contributed by atoms with Gasteiger partial charge in [-0.25, -0.2) is 4.79 Å². The van der Waals surface area contributed by atoms with E-state index in [9.17, 15) is 4.79 Å². The summed E-state index contributed by atoms with van der Waals surface area (Å²) >= 11 is 0. The van der Waals surface area contributed by atoms with Gasteiger partial charge in [-0.05, 0) is 38.0 Å². The van der Waals surface area contributed by atoms with Crippen LogP contribution in [0.3, 0.4) is 0 Å². The number of carbonyl (C=O) groups excluding carboxylic acids is 1. The van der Waals surface area contributed by atoms with Gasteiger partial charge in [-0.1, -0.05) is 18.2 Å². The molecule has 0 spiro atoms. The number of para-hydroxylation sites is 1. The third kappa shape index (κ3) is 2.77. The van der Waals surface area contributed by atoms with E-state index in [1.54, 1.807) is 6.26 Å². The van der Waals surface area contributed by atoms with E-state index in [4.69, 9.17) is 8.83 Å². The van der Waals surface area contributed by atoms with Crippen molar-refractivity contribution in [2.75, 3.05) is 0 Å². The Kier molecular flexibility index (Phi) is 3.76. The molecule has 0 fully saturated rings. The maximum atomic E-state index is 12.3. The maximum absolute atomic E-state index is 12.3. The standard InChI is InChI=1S/C19H20N2O3/c1-12(18-11-13-5-2-3-7-16(13)24-18)20-19(22)21-15-6-4-8-17-14(15)9-10-23-17/h2-3,5,7,9-12,15H,4,6,8H2,1H3,(H2,20,21,22). The van der Waals surface area contributed by atoms with Crippen LogP contribution in [0, 0.1) is 0 Å². The maximum Gasteiger partial charge on any atom is 0.315 e. The Morgan fingerprint density at radius 2 is 2.17 bits per heavy atom. The molecule has 0 saturated carbocycles. The molecule has 24 heavy (non-hydrogen) atoms. The third-order valence-electron chi connectivity index (χ3n) is 4.58. The molecular weight excluding hydrogens is 304 g/mol. The van der Waals surface area contributed by atoms with Gasteiger partial charge in [0.1, 0.15) is 17.1 Å². The van der Waals surface area contributed by atoms with Crippen molar-refractivity contribution >= 4 is 17.0 Å². The van der Waals surface area contributed by atoms with Crippen molar-refractivity contribution in [3.63, 3.8) is 0 Å². The van der Waals surface area contributed by atoms with Crippen molar-refractivity contribution in [2.45, 2.75) is 38.3 Å². The Hall–Kier alpha value is -2.69. The number of hydrogen-bond acceptors (Lipinski definition) is 3. The molecule has 0 aliphatic heterocycles. The predicted octanol–water partition coefficient (Wildman–Crippen LogP) is 4.46. The summed E-state index contributed by atoms with van der Waals surface area (Å²) in [4.78, 5) is 12.3. The molecule has 4 rings (SSSR count). The largest absolute Gasteiger partial charge is 0.469 e. The van der Waals surface area contributed by atoms with Crippen molar-refractivity contribution in [3.8, 4) is 0 Å². The highest BCUT2D eigenvalue weighted by atomic mass is 16.3. The van der Waals surface area contributed by atoms with E-state index in [-0.39, 0.29) is 18.1 Å². The van der Waals surface area contributed by atoms with Crippen molar-refractivity contribution in [2.24, 2.45) is 0 Å².